The van der Waals surface area contributed by atoms with E-state index in [0.29, 0.717) is 12.3 Å². The first-order valence-electron chi connectivity index (χ1n) is 3.69. The van der Waals surface area contributed by atoms with Gasteiger partial charge in [0.15, 0.2) is 0 Å². The average Bonchev–Trinajstić information content (AvgIpc) is 2.05. The molecule has 0 aliphatic heterocycles. The van der Waals surface area contributed by atoms with Crippen LogP contribution in [-0.4, -0.2) is 18.7 Å². The van der Waals surface area contributed by atoms with Crippen LogP contribution in [0.3, 0.4) is 0 Å². The number of hydrogen-bond donors (Lipinski definition) is 2. The van der Waals surface area contributed by atoms with Crippen LogP contribution in [0.15, 0.2) is 18.5 Å². The summed E-state index contributed by atoms with van der Waals surface area (Å²) in [4.78, 5) is 3.93. The van der Waals surface area contributed by atoms with Crippen LogP contribution in [0.25, 0.3) is 0 Å². The maximum Gasteiger partial charge on any atom is 0.0656 e. The Kier molecular flexibility index (Phi) is 5.37. The molecule has 0 aromatic carbocycles. The maximum atomic E-state index is 5.75. The predicted octanol–water partition coefficient (Wildman–Crippen LogP) is 0.732. The lowest BCUT2D eigenvalue weighted by Crippen LogP contribution is -2.16. The third-order valence-corrected chi connectivity index (χ3v) is 1.55. The van der Waals surface area contributed by atoms with E-state index in [2.05, 4.69) is 4.98 Å². The summed E-state index contributed by atoms with van der Waals surface area (Å²) in [6, 6.07) is 1.66. The van der Waals surface area contributed by atoms with Gasteiger partial charge in [-0.2, -0.15) is 0 Å². The van der Waals surface area contributed by atoms with Crippen LogP contribution >= 0.6 is 12.4 Å². The monoisotopic (exact) mass is 203 g/mol. The molecule has 13 heavy (non-hydrogen) atoms. The molecule has 1 rings (SSSR count). The minimum atomic E-state index is -0.147. The van der Waals surface area contributed by atoms with Crippen LogP contribution in [-0.2, 0) is 4.74 Å². The number of ether oxygens (including phenoxy) is 1. The summed E-state index contributed by atoms with van der Waals surface area (Å²) in [7, 11) is 1.61. The van der Waals surface area contributed by atoms with Crippen molar-refractivity contribution in [2.45, 2.75) is 6.04 Å². The number of anilines is 1. The zero-order chi connectivity index (χ0) is 8.97. The molecule has 0 bridgehead atoms. The van der Waals surface area contributed by atoms with Crippen LogP contribution in [0.5, 0.6) is 0 Å². The fourth-order valence-electron chi connectivity index (χ4n) is 0.955. The highest BCUT2D eigenvalue weighted by Crippen LogP contribution is 2.11. The minimum Gasteiger partial charge on any atom is -0.397 e. The SMILES string of the molecule is COCC(N)c1cncc(N)c1.Cl. The van der Waals surface area contributed by atoms with Crippen molar-refractivity contribution in [1.29, 1.82) is 0 Å². The number of nitrogens with two attached hydrogens (primary N) is 2. The number of nitrogens with zero attached hydrogens (tertiary/aromatic N) is 1. The van der Waals surface area contributed by atoms with Gasteiger partial charge in [-0.05, 0) is 11.6 Å². The molecule has 74 valence electrons. The predicted molar refractivity (Wildman–Crippen MR) is 54.7 cm³/mol. The Morgan fingerprint density at radius 3 is 2.77 bits per heavy atom. The van der Waals surface area contributed by atoms with E-state index in [0.717, 1.165) is 5.56 Å². The summed E-state index contributed by atoms with van der Waals surface area (Å²) in [5, 5.41) is 0. The Balaban J connectivity index is 0.00000144. The standard InChI is InChI=1S/C8H13N3O.ClH/c1-12-5-8(10)6-2-7(9)4-11-3-6;/h2-4,8H,5,9-10H2,1H3;1H. The fraction of sp³-hybridized carbons (Fsp3) is 0.375. The fourth-order valence-corrected chi connectivity index (χ4v) is 0.955. The summed E-state index contributed by atoms with van der Waals surface area (Å²) in [5.74, 6) is 0. The van der Waals surface area contributed by atoms with Gasteiger partial charge in [-0.3, -0.25) is 4.98 Å². The van der Waals surface area contributed by atoms with Crippen molar-refractivity contribution in [3.05, 3.63) is 24.0 Å². The van der Waals surface area contributed by atoms with Crippen molar-refractivity contribution < 1.29 is 4.74 Å². The molecule has 4 nitrogen and oxygen atoms in total. The molecule has 0 saturated carbocycles. The molecule has 1 unspecified atom stereocenters. The van der Waals surface area contributed by atoms with E-state index in [4.69, 9.17) is 16.2 Å². The number of pyridine rings is 1. The largest absolute Gasteiger partial charge is 0.397 e. The molecule has 0 fully saturated rings. The molecule has 5 heteroatoms. The van der Waals surface area contributed by atoms with E-state index in [1.54, 1.807) is 25.6 Å². The topological polar surface area (TPSA) is 74.2 Å². The zero-order valence-electron chi connectivity index (χ0n) is 7.43. The van der Waals surface area contributed by atoms with Gasteiger partial charge in [0.25, 0.3) is 0 Å². The van der Waals surface area contributed by atoms with E-state index in [1.807, 2.05) is 0 Å². The van der Waals surface area contributed by atoms with Crippen molar-refractivity contribution in [3.63, 3.8) is 0 Å². The molecule has 0 saturated heterocycles. The van der Waals surface area contributed by atoms with E-state index in [-0.39, 0.29) is 18.4 Å². The molecular weight excluding hydrogens is 190 g/mol. The smallest absolute Gasteiger partial charge is 0.0656 e. The van der Waals surface area contributed by atoms with Crippen molar-refractivity contribution in [2.24, 2.45) is 5.73 Å². The average molecular weight is 204 g/mol. The van der Waals surface area contributed by atoms with E-state index < -0.39 is 0 Å². The van der Waals surface area contributed by atoms with Crippen molar-refractivity contribution in [2.75, 3.05) is 19.5 Å². The second-order valence-electron chi connectivity index (χ2n) is 2.61. The highest BCUT2D eigenvalue weighted by Gasteiger charge is 2.04. The number of methoxy groups -OCH3 is 1. The van der Waals surface area contributed by atoms with Crippen LogP contribution in [0.1, 0.15) is 11.6 Å². The van der Waals surface area contributed by atoms with Gasteiger partial charge < -0.3 is 16.2 Å². The molecule has 1 aromatic heterocycles. The molecule has 1 atom stereocenters. The molecular formula is C8H14ClN3O. The molecule has 0 spiro atoms. The summed E-state index contributed by atoms with van der Waals surface area (Å²) in [6.07, 6.45) is 3.28. The molecule has 0 amide bonds. The Bertz CT molecular complexity index is 257. The summed E-state index contributed by atoms with van der Waals surface area (Å²) >= 11 is 0. The second-order valence-corrected chi connectivity index (χ2v) is 2.61. The summed E-state index contributed by atoms with van der Waals surface area (Å²) in [6.45, 7) is 0.477. The second kappa shape index (κ2) is 5.75. The van der Waals surface area contributed by atoms with Crippen LogP contribution < -0.4 is 11.5 Å². The van der Waals surface area contributed by atoms with Crippen LogP contribution in [0.4, 0.5) is 5.69 Å². The molecule has 1 aromatic rings. The van der Waals surface area contributed by atoms with Gasteiger partial charge >= 0.3 is 0 Å². The van der Waals surface area contributed by atoms with Gasteiger partial charge in [0, 0.05) is 19.5 Å². The van der Waals surface area contributed by atoms with Crippen molar-refractivity contribution in [3.8, 4) is 0 Å². The lowest BCUT2D eigenvalue weighted by atomic mass is 10.1. The van der Waals surface area contributed by atoms with Crippen LogP contribution in [0.2, 0.25) is 0 Å². The minimum absolute atomic E-state index is 0. The maximum absolute atomic E-state index is 5.75. The van der Waals surface area contributed by atoms with E-state index >= 15 is 0 Å². The van der Waals surface area contributed by atoms with E-state index in [1.165, 1.54) is 0 Å². The van der Waals surface area contributed by atoms with Gasteiger partial charge in [-0.1, -0.05) is 0 Å². The van der Waals surface area contributed by atoms with Gasteiger partial charge in [0.1, 0.15) is 0 Å². The molecule has 4 N–H and O–H groups in total. The number of aromatic nitrogens is 1. The molecule has 0 aliphatic carbocycles. The Morgan fingerprint density at radius 1 is 1.54 bits per heavy atom. The third kappa shape index (κ3) is 3.59. The number of nitrogen functional groups attached to an aromatic ring is 1. The van der Waals surface area contributed by atoms with Crippen molar-refractivity contribution in [1.82, 2.24) is 4.98 Å². The number of hydrogen-bond acceptors (Lipinski definition) is 4. The first kappa shape index (κ1) is 12.2. The Labute approximate surface area is 83.7 Å². The van der Waals surface area contributed by atoms with Gasteiger partial charge in [-0.15, -0.1) is 12.4 Å². The van der Waals surface area contributed by atoms with Gasteiger partial charge in [-0.25, -0.2) is 0 Å². The summed E-state index contributed by atoms with van der Waals surface area (Å²) < 4.78 is 4.90. The zero-order valence-corrected chi connectivity index (χ0v) is 8.25. The van der Waals surface area contributed by atoms with Crippen LogP contribution in [0, 0.1) is 0 Å². The first-order chi connectivity index (χ1) is 5.74. The Morgan fingerprint density at radius 2 is 2.23 bits per heavy atom. The lowest BCUT2D eigenvalue weighted by molar-refractivity contribution is 0.181. The van der Waals surface area contributed by atoms with E-state index in [9.17, 15) is 0 Å². The van der Waals surface area contributed by atoms with Gasteiger partial charge in [0.05, 0.1) is 18.3 Å². The normalized spacial score (nSPS) is 11.8. The number of rotatable bonds is 3. The van der Waals surface area contributed by atoms with Crippen molar-refractivity contribution >= 4 is 18.1 Å². The highest BCUT2D eigenvalue weighted by molar-refractivity contribution is 5.85. The summed E-state index contributed by atoms with van der Waals surface area (Å²) in [5.41, 5.74) is 12.8. The third-order valence-electron chi connectivity index (χ3n) is 1.55. The number of halogens is 1. The van der Waals surface area contributed by atoms with Gasteiger partial charge in [0.2, 0.25) is 0 Å². The molecule has 0 radical (unpaired) electrons. The lowest BCUT2D eigenvalue weighted by Gasteiger charge is -2.09. The quantitative estimate of drug-likeness (QED) is 0.760. The molecule has 0 aliphatic rings. The molecule has 1 heterocycles. The highest BCUT2D eigenvalue weighted by atomic mass is 35.5. The first-order valence-corrected chi connectivity index (χ1v) is 3.69. The Hall–Kier alpha value is -0.840.